The van der Waals surface area contributed by atoms with Gasteiger partial charge in [-0.25, -0.2) is 0 Å². The largest absolute Gasteiger partial charge is 0.365 e. The van der Waals surface area contributed by atoms with Crippen LogP contribution in [0.2, 0.25) is 0 Å². The summed E-state index contributed by atoms with van der Waals surface area (Å²) in [5, 5.41) is 3.80. The number of nitrogens with one attached hydrogen (secondary N) is 1. The monoisotopic (exact) mass is 311 g/mol. The second-order valence-corrected chi connectivity index (χ2v) is 5.38. The predicted octanol–water partition coefficient (Wildman–Crippen LogP) is 2.77. The van der Waals surface area contributed by atoms with Crippen LogP contribution in [0.3, 0.4) is 0 Å². The molecule has 0 radical (unpaired) electrons. The van der Waals surface area contributed by atoms with Crippen molar-refractivity contribution in [3.63, 3.8) is 0 Å². The first-order valence-electron chi connectivity index (χ1n) is 6.20. The topological polar surface area (TPSA) is 38.3 Å². The zero-order valence-corrected chi connectivity index (χ0v) is 12.1. The van der Waals surface area contributed by atoms with Crippen LogP contribution < -0.4 is 5.32 Å². The molecule has 0 aromatic heterocycles. The Bertz CT molecular complexity index is 410. The van der Waals surface area contributed by atoms with Gasteiger partial charge in [0.05, 0.1) is 0 Å². The molecule has 0 saturated carbocycles. The molecule has 98 valence electrons. The van der Waals surface area contributed by atoms with E-state index in [0.29, 0.717) is 13.2 Å². The highest BCUT2D eigenvalue weighted by Crippen LogP contribution is 2.25. The normalized spacial score (nSPS) is 23.0. The lowest BCUT2D eigenvalue weighted by molar-refractivity contribution is -0.139. The summed E-state index contributed by atoms with van der Waals surface area (Å²) < 4.78 is 5.51. The number of hydrogen-bond donors (Lipinski definition) is 1. The molecule has 1 aromatic rings. The fourth-order valence-electron chi connectivity index (χ4n) is 2.07. The third-order valence-corrected chi connectivity index (χ3v) is 3.98. The van der Waals surface area contributed by atoms with Crippen LogP contribution in [0.25, 0.3) is 0 Å². The molecule has 1 N–H and O–H groups in total. The maximum Gasteiger partial charge on any atom is 0.252 e. The summed E-state index contributed by atoms with van der Waals surface area (Å²) in [7, 11) is 0. The minimum absolute atomic E-state index is 0.00966. The summed E-state index contributed by atoms with van der Waals surface area (Å²) in [6.45, 7) is 3.10. The number of amides is 1. The van der Waals surface area contributed by atoms with Crippen molar-refractivity contribution >= 4 is 21.8 Å². The van der Waals surface area contributed by atoms with Crippen molar-refractivity contribution in [3.8, 4) is 0 Å². The van der Waals surface area contributed by atoms with Crippen molar-refractivity contribution in [2.45, 2.75) is 37.2 Å². The molecule has 1 heterocycles. The minimum Gasteiger partial charge on any atom is -0.365 e. The summed E-state index contributed by atoms with van der Waals surface area (Å²) in [5.74, 6) is -0.00966. The van der Waals surface area contributed by atoms with Crippen molar-refractivity contribution in [3.05, 3.63) is 35.4 Å². The van der Waals surface area contributed by atoms with Crippen LogP contribution in [0.5, 0.6) is 0 Å². The van der Waals surface area contributed by atoms with Crippen LogP contribution in [-0.2, 0) is 21.4 Å². The average Bonchev–Trinajstić information content (AvgIpc) is 2.85. The Balaban J connectivity index is 1.88. The molecule has 2 rings (SSSR count). The van der Waals surface area contributed by atoms with E-state index in [2.05, 4.69) is 33.4 Å². The van der Waals surface area contributed by atoms with Gasteiger partial charge >= 0.3 is 0 Å². The number of benzene rings is 1. The van der Waals surface area contributed by atoms with Crippen molar-refractivity contribution in [1.82, 2.24) is 5.32 Å². The number of hydrogen-bond acceptors (Lipinski definition) is 2. The van der Waals surface area contributed by atoms with Crippen molar-refractivity contribution in [2.24, 2.45) is 0 Å². The van der Waals surface area contributed by atoms with Gasteiger partial charge in [0, 0.05) is 18.5 Å². The molecular weight excluding hydrogens is 294 g/mol. The first-order valence-corrected chi connectivity index (χ1v) is 7.32. The van der Waals surface area contributed by atoms with Crippen LogP contribution in [0, 0.1) is 0 Å². The molecule has 1 aliphatic rings. The van der Waals surface area contributed by atoms with Gasteiger partial charge in [-0.15, -0.1) is 0 Å². The molecule has 18 heavy (non-hydrogen) atoms. The summed E-state index contributed by atoms with van der Waals surface area (Å²) in [5.41, 5.74) is 1.71. The van der Waals surface area contributed by atoms with Gasteiger partial charge in [-0.1, -0.05) is 40.2 Å². The van der Waals surface area contributed by atoms with E-state index in [1.165, 1.54) is 5.56 Å². The summed E-state index contributed by atoms with van der Waals surface area (Å²) in [6.07, 6.45) is 1.77. The number of carbonyl (C=O) groups is 1. The molecule has 0 spiro atoms. The van der Waals surface area contributed by atoms with Crippen LogP contribution in [0.15, 0.2) is 24.3 Å². The Kier molecular flexibility index (Phi) is 4.40. The third-order valence-electron chi connectivity index (χ3n) is 3.33. The Morgan fingerprint density at radius 1 is 1.39 bits per heavy atom. The van der Waals surface area contributed by atoms with E-state index in [-0.39, 0.29) is 5.91 Å². The fourth-order valence-corrected chi connectivity index (χ4v) is 2.45. The molecule has 1 fully saturated rings. The molecule has 3 nitrogen and oxygen atoms in total. The number of carbonyl (C=O) groups excluding carboxylic acids is 1. The zero-order valence-electron chi connectivity index (χ0n) is 10.5. The van der Waals surface area contributed by atoms with Gasteiger partial charge in [-0.2, -0.15) is 0 Å². The van der Waals surface area contributed by atoms with Crippen molar-refractivity contribution in [1.29, 1.82) is 0 Å². The molecule has 4 heteroatoms. The predicted molar refractivity (Wildman–Crippen MR) is 74.5 cm³/mol. The Hall–Kier alpha value is -0.870. The van der Waals surface area contributed by atoms with E-state index in [1.807, 2.05) is 19.1 Å². The molecule has 1 atom stereocenters. The number of halogens is 1. The average molecular weight is 312 g/mol. The van der Waals surface area contributed by atoms with Crippen molar-refractivity contribution in [2.75, 3.05) is 6.61 Å². The second kappa shape index (κ2) is 5.85. The summed E-state index contributed by atoms with van der Waals surface area (Å²) in [4.78, 5) is 12.0. The Labute approximate surface area is 116 Å². The molecule has 1 aliphatic heterocycles. The van der Waals surface area contributed by atoms with Crippen LogP contribution in [0.4, 0.5) is 0 Å². The van der Waals surface area contributed by atoms with E-state index in [9.17, 15) is 4.79 Å². The van der Waals surface area contributed by atoms with Gasteiger partial charge in [-0.3, -0.25) is 4.79 Å². The summed E-state index contributed by atoms with van der Waals surface area (Å²) >= 11 is 3.41. The maximum absolute atomic E-state index is 12.0. The van der Waals surface area contributed by atoms with E-state index >= 15 is 0 Å². The SMILES string of the molecule is CC1(C(=O)NCc2ccc(CBr)cc2)CCCO1. The smallest absolute Gasteiger partial charge is 0.252 e. The van der Waals surface area contributed by atoms with E-state index in [1.54, 1.807) is 0 Å². The minimum atomic E-state index is -0.629. The zero-order chi connectivity index (χ0) is 13.0. The molecule has 1 unspecified atom stereocenters. The highest BCUT2D eigenvalue weighted by atomic mass is 79.9. The molecule has 1 saturated heterocycles. The number of alkyl halides is 1. The van der Waals surface area contributed by atoms with Crippen LogP contribution >= 0.6 is 15.9 Å². The lowest BCUT2D eigenvalue weighted by atomic mass is 10.0. The molecule has 0 aliphatic carbocycles. The summed E-state index contributed by atoms with van der Waals surface area (Å²) in [6, 6.07) is 8.19. The van der Waals surface area contributed by atoms with E-state index < -0.39 is 5.60 Å². The van der Waals surface area contributed by atoms with Gasteiger partial charge in [0.25, 0.3) is 5.91 Å². The van der Waals surface area contributed by atoms with Crippen molar-refractivity contribution < 1.29 is 9.53 Å². The number of rotatable bonds is 4. The van der Waals surface area contributed by atoms with E-state index in [0.717, 1.165) is 23.7 Å². The number of ether oxygens (including phenoxy) is 1. The first kappa shape index (κ1) is 13.6. The standard InChI is InChI=1S/C14H18BrNO2/c1-14(7-2-8-18-14)13(17)16-10-12-5-3-11(9-15)4-6-12/h3-6H,2,7-10H2,1H3,(H,16,17). The fraction of sp³-hybridized carbons (Fsp3) is 0.500. The van der Waals surface area contributed by atoms with Gasteiger partial charge in [0.1, 0.15) is 5.60 Å². The van der Waals surface area contributed by atoms with Crippen LogP contribution in [0.1, 0.15) is 30.9 Å². The molecular formula is C14H18BrNO2. The molecule has 0 bridgehead atoms. The second-order valence-electron chi connectivity index (χ2n) is 4.82. The maximum atomic E-state index is 12.0. The highest BCUT2D eigenvalue weighted by Gasteiger charge is 2.37. The highest BCUT2D eigenvalue weighted by molar-refractivity contribution is 9.08. The lowest BCUT2D eigenvalue weighted by Crippen LogP contribution is -2.43. The van der Waals surface area contributed by atoms with Gasteiger partial charge in [-0.05, 0) is 30.9 Å². The Morgan fingerprint density at radius 2 is 2.06 bits per heavy atom. The Morgan fingerprint density at radius 3 is 2.61 bits per heavy atom. The van der Waals surface area contributed by atoms with E-state index in [4.69, 9.17) is 4.74 Å². The third kappa shape index (κ3) is 3.12. The van der Waals surface area contributed by atoms with Gasteiger partial charge in [0.2, 0.25) is 0 Å². The quantitative estimate of drug-likeness (QED) is 0.868. The van der Waals surface area contributed by atoms with Crippen LogP contribution in [-0.4, -0.2) is 18.1 Å². The molecule has 1 aromatic carbocycles. The van der Waals surface area contributed by atoms with Gasteiger partial charge in [0.15, 0.2) is 0 Å². The lowest BCUT2D eigenvalue weighted by Gasteiger charge is -2.21. The first-order chi connectivity index (χ1) is 8.64. The molecule has 1 amide bonds. The van der Waals surface area contributed by atoms with Gasteiger partial charge < -0.3 is 10.1 Å².